The molecular formula is C15H17N7O3. The molecule has 0 unspecified atom stereocenters. The second-order valence-electron chi connectivity index (χ2n) is 5.60. The normalized spacial score (nSPS) is 14.1. The van der Waals surface area contributed by atoms with Crippen molar-refractivity contribution in [3.05, 3.63) is 46.5 Å². The van der Waals surface area contributed by atoms with Gasteiger partial charge in [0.2, 0.25) is 11.6 Å². The first-order chi connectivity index (χ1) is 12.1. The van der Waals surface area contributed by atoms with Crippen LogP contribution in [-0.4, -0.2) is 31.8 Å². The number of hydrogen-bond acceptors (Lipinski definition) is 8. The lowest BCUT2D eigenvalue weighted by molar-refractivity contribution is -0.383. The van der Waals surface area contributed by atoms with E-state index in [9.17, 15) is 14.9 Å². The van der Waals surface area contributed by atoms with Crippen molar-refractivity contribution in [3.8, 4) is 0 Å². The number of amides is 1. The van der Waals surface area contributed by atoms with Gasteiger partial charge in [-0.15, -0.1) is 0 Å². The first-order valence-electron chi connectivity index (χ1n) is 7.88. The third kappa shape index (κ3) is 3.97. The summed E-state index contributed by atoms with van der Waals surface area (Å²) in [6.07, 6.45) is 6.75. The van der Waals surface area contributed by atoms with Crippen molar-refractivity contribution in [3.63, 3.8) is 0 Å². The van der Waals surface area contributed by atoms with Crippen LogP contribution in [0.3, 0.4) is 0 Å². The quantitative estimate of drug-likeness (QED) is 0.534. The molecule has 0 radical (unpaired) electrons. The van der Waals surface area contributed by atoms with Gasteiger partial charge in [-0.2, -0.15) is 0 Å². The summed E-state index contributed by atoms with van der Waals surface area (Å²) in [5, 5.41) is 14.5. The van der Waals surface area contributed by atoms with Crippen LogP contribution in [0, 0.1) is 10.1 Å². The number of aromatic nitrogens is 3. The standard InChI is InChI=1S/C15H17N7O3/c23-15(11-7-3-4-8-16-11)21-20-14-12(22(24)25)13(17-9-18-14)19-10-5-1-2-6-10/h3-4,7-10H,1-2,5-6H2,(H,21,23)(H2,17,18,19,20). The van der Waals surface area contributed by atoms with Gasteiger partial charge in [-0.1, -0.05) is 18.9 Å². The van der Waals surface area contributed by atoms with Crippen LogP contribution in [0.1, 0.15) is 36.2 Å². The Balaban J connectivity index is 1.76. The third-order valence-corrected chi connectivity index (χ3v) is 3.89. The molecule has 1 aliphatic rings. The molecule has 0 aromatic carbocycles. The number of nitrogens with one attached hydrogen (secondary N) is 3. The zero-order valence-electron chi connectivity index (χ0n) is 13.3. The van der Waals surface area contributed by atoms with Crippen molar-refractivity contribution in [1.82, 2.24) is 20.4 Å². The van der Waals surface area contributed by atoms with Gasteiger partial charge in [0.1, 0.15) is 12.0 Å². The number of hydrogen-bond donors (Lipinski definition) is 3. The van der Waals surface area contributed by atoms with Crippen molar-refractivity contribution in [2.75, 3.05) is 10.7 Å². The van der Waals surface area contributed by atoms with Gasteiger partial charge in [0.05, 0.1) is 4.92 Å². The summed E-state index contributed by atoms with van der Waals surface area (Å²) in [4.78, 5) is 34.6. The summed E-state index contributed by atoms with van der Waals surface area (Å²) < 4.78 is 0. The van der Waals surface area contributed by atoms with Crippen LogP contribution >= 0.6 is 0 Å². The molecule has 1 aliphatic carbocycles. The van der Waals surface area contributed by atoms with Gasteiger partial charge in [-0.05, 0) is 25.0 Å². The molecule has 2 aromatic rings. The van der Waals surface area contributed by atoms with E-state index in [1.165, 1.54) is 18.6 Å². The van der Waals surface area contributed by atoms with Crippen LogP contribution < -0.4 is 16.2 Å². The third-order valence-electron chi connectivity index (χ3n) is 3.89. The lowest BCUT2D eigenvalue weighted by atomic mass is 10.2. The molecule has 10 heteroatoms. The van der Waals surface area contributed by atoms with Crippen molar-refractivity contribution >= 4 is 23.2 Å². The van der Waals surface area contributed by atoms with Gasteiger partial charge in [0.15, 0.2) is 0 Å². The Morgan fingerprint density at radius 2 is 1.92 bits per heavy atom. The Kier molecular flexibility index (Phi) is 4.97. The zero-order chi connectivity index (χ0) is 17.6. The average Bonchev–Trinajstić information content (AvgIpc) is 3.13. The van der Waals surface area contributed by atoms with Crippen LogP contribution in [0.25, 0.3) is 0 Å². The van der Waals surface area contributed by atoms with Crippen molar-refractivity contribution < 1.29 is 9.72 Å². The highest BCUT2D eigenvalue weighted by Gasteiger charge is 2.26. The topological polar surface area (TPSA) is 135 Å². The van der Waals surface area contributed by atoms with Crippen molar-refractivity contribution in [1.29, 1.82) is 0 Å². The van der Waals surface area contributed by atoms with Gasteiger partial charge in [-0.3, -0.25) is 30.7 Å². The van der Waals surface area contributed by atoms with E-state index in [0.29, 0.717) is 0 Å². The fourth-order valence-electron chi connectivity index (χ4n) is 2.69. The number of hydrazine groups is 1. The highest BCUT2D eigenvalue weighted by Crippen LogP contribution is 2.31. The van der Waals surface area contributed by atoms with Gasteiger partial charge in [0, 0.05) is 12.2 Å². The number of carbonyl (C=O) groups excluding carboxylic acids is 1. The number of carbonyl (C=O) groups is 1. The first-order valence-corrected chi connectivity index (χ1v) is 7.88. The molecule has 1 amide bonds. The smallest absolute Gasteiger partial charge is 0.354 e. The molecule has 3 rings (SSSR count). The van der Waals surface area contributed by atoms with E-state index in [2.05, 4.69) is 31.1 Å². The molecule has 0 atom stereocenters. The molecule has 0 spiro atoms. The predicted octanol–water partition coefficient (Wildman–Crippen LogP) is 1.89. The molecule has 1 fully saturated rings. The van der Waals surface area contributed by atoms with E-state index in [0.717, 1.165) is 25.7 Å². The zero-order valence-corrected chi connectivity index (χ0v) is 13.3. The van der Waals surface area contributed by atoms with Crippen LogP contribution in [0.15, 0.2) is 30.7 Å². The fourth-order valence-corrected chi connectivity index (χ4v) is 2.69. The van der Waals surface area contributed by atoms with Crippen molar-refractivity contribution in [2.24, 2.45) is 0 Å². The van der Waals surface area contributed by atoms with E-state index in [4.69, 9.17) is 0 Å². The highest BCUT2D eigenvalue weighted by molar-refractivity contribution is 5.93. The minimum absolute atomic E-state index is 0.0928. The Morgan fingerprint density at radius 3 is 2.60 bits per heavy atom. The summed E-state index contributed by atoms with van der Waals surface area (Å²) in [6.45, 7) is 0. The molecule has 1 saturated carbocycles. The SMILES string of the molecule is O=C(NNc1ncnc(NC2CCCC2)c1[N+](=O)[O-])c1ccccn1. The Morgan fingerprint density at radius 1 is 1.16 bits per heavy atom. The summed E-state index contributed by atoms with van der Waals surface area (Å²) in [5.41, 5.74) is 4.71. The molecule has 130 valence electrons. The van der Waals surface area contributed by atoms with Crippen LogP contribution in [0.5, 0.6) is 0 Å². The lowest BCUT2D eigenvalue weighted by Gasteiger charge is -2.14. The summed E-state index contributed by atoms with van der Waals surface area (Å²) >= 11 is 0. The van der Waals surface area contributed by atoms with Gasteiger partial charge in [0.25, 0.3) is 5.91 Å². The van der Waals surface area contributed by atoms with Crippen LogP contribution in [0.2, 0.25) is 0 Å². The molecule has 25 heavy (non-hydrogen) atoms. The maximum Gasteiger partial charge on any atom is 0.354 e. The van der Waals surface area contributed by atoms with Crippen LogP contribution in [0.4, 0.5) is 17.3 Å². The Hall–Kier alpha value is -3.30. The van der Waals surface area contributed by atoms with E-state index < -0.39 is 10.8 Å². The fraction of sp³-hybridized carbons (Fsp3) is 0.333. The molecule has 10 nitrogen and oxygen atoms in total. The van der Waals surface area contributed by atoms with Crippen molar-refractivity contribution in [2.45, 2.75) is 31.7 Å². The minimum Gasteiger partial charge on any atom is -0.361 e. The predicted molar refractivity (Wildman–Crippen MR) is 89.9 cm³/mol. The Labute approximate surface area is 143 Å². The first kappa shape index (κ1) is 16.6. The molecule has 2 heterocycles. The summed E-state index contributed by atoms with van der Waals surface area (Å²) in [5.74, 6) is -0.481. The highest BCUT2D eigenvalue weighted by atomic mass is 16.6. The van der Waals surface area contributed by atoms with E-state index in [1.54, 1.807) is 12.1 Å². The summed E-state index contributed by atoms with van der Waals surface area (Å²) in [7, 11) is 0. The molecule has 2 aromatic heterocycles. The molecule has 0 saturated heterocycles. The maximum absolute atomic E-state index is 12.0. The van der Waals surface area contributed by atoms with E-state index >= 15 is 0 Å². The summed E-state index contributed by atoms with van der Waals surface area (Å²) in [6, 6.07) is 5.03. The largest absolute Gasteiger partial charge is 0.361 e. The van der Waals surface area contributed by atoms with Gasteiger partial charge < -0.3 is 5.32 Å². The van der Waals surface area contributed by atoms with Gasteiger partial charge in [-0.25, -0.2) is 9.97 Å². The number of rotatable bonds is 6. The number of nitro groups is 1. The lowest BCUT2D eigenvalue weighted by Crippen LogP contribution is -2.31. The maximum atomic E-state index is 12.0. The Bertz CT molecular complexity index is 763. The molecule has 0 aliphatic heterocycles. The van der Waals surface area contributed by atoms with E-state index in [1.807, 2.05) is 0 Å². The average molecular weight is 343 g/mol. The van der Waals surface area contributed by atoms with Crippen LogP contribution in [-0.2, 0) is 0 Å². The number of nitrogens with zero attached hydrogens (tertiary/aromatic N) is 4. The second kappa shape index (κ2) is 7.51. The second-order valence-corrected chi connectivity index (χ2v) is 5.60. The minimum atomic E-state index is -0.577. The van der Waals surface area contributed by atoms with E-state index in [-0.39, 0.29) is 29.1 Å². The number of anilines is 2. The molecule has 0 bridgehead atoms. The monoisotopic (exact) mass is 343 g/mol. The van der Waals surface area contributed by atoms with Gasteiger partial charge >= 0.3 is 5.69 Å². The number of pyridine rings is 1. The molecular weight excluding hydrogens is 326 g/mol. The molecule has 3 N–H and O–H groups in total.